The summed E-state index contributed by atoms with van der Waals surface area (Å²) in [5, 5.41) is 12.2. The number of hydrogen-bond acceptors (Lipinski definition) is 3. The first kappa shape index (κ1) is 13.8. The highest BCUT2D eigenvalue weighted by atomic mass is 16.4. The highest BCUT2D eigenvalue weighted by Crippen LogP contribution is 2.48. The van der Waals surface area contributed by atoms with Crippen LogP contribution in [0.15, 0.2) is 30.6 Å². The molecule has 0 aliphatic heterocycles. The fourth-order valence-electron chi connectivity index (χ4n) is 3.71. The molecular formula is C16H18N2O3. The molecule has 1 aromatic rings. The van der Waals surface area contributed by atoms with Crippen molar-refractivity contribution in [3.63, 3.8) is 0 Å². The number of carboxylic acid groups (broad SMARTS) is 1. The Morgan fingerprint density at radius 2 is 2.14 bits per heavy atom. The van der Waals surface area contributed by atoms with E-state index in [2.05, 4.69) is 10.3 Å². The van der Waals surface area contributed by atoms with E-state index in [-0.39, 0.29) is 17.9 Å². The summed E-state index contributed by atoms with van der Waals surface area (Å²) in [4.78, 5) is 27.4. The first-order valence-electron chi connectivity index (χ1n) is 7.26. The normalized spacial score (nSPS) is 30.7. The average molecular weight is 286 g/mol. The predicted molar refractivity (Wildman–Crippen MR) is 77.2 cm³/mol. The quantitative estimate of drug-likeness (QED) is 0.826. The smallest absolute Gasteiger partial charge is 0.308 e. The molecule has 1 amide bonds. The van der Waals surface area contributed by atoms with Crippen LogP contribution in [-0.2, 0) is 9.59 Å². The molecule has 2 bridgehead atoms. The summed E-state index contributed by atoms with van der Waals surface area (Å²) in [6.07, 6.45) is 9.39. The van der Waals surface area contributed by atoms with Crippen LogP contribution >= 0.6 is 0 Å². The summed E-state index contributed by atoms with van der Waals surface area (Å²) in [6, 6.07) is 3.43. The molecule has 5 nitrogen and oxygen atoms in total. The number of amides is 1. The molecule has 3 rings (SSSR count). The lowest BCUT2D eigenvalue weighted by Gasteiger charge is -2.28. The second-order valence-corrected chi connectivity index (χ2v) is 5.85. The van der Waals surface area contributed by atoms with Gasteiger partial charge in [0.1, 0.15) is 0 Å². The predicted octanol–water partition coefficient (Wildman–Crippen LogP) is 1.71. The van der Waals surface area contributed by atoms with Gasteiger partial charge >= 0.3 is 5.97 Å². The molecule has 2 aliphatic carbocycles. The number of hydrogen-bond donors (Lipinski definition) is 2. The number of rotatable bonds is 4. The SMILES string of the molecule is O=C(C=Cc1cccnc1)NC1C2CCC(C2)C1C(=O)O. The van der Waals surface area contributed by atoms with Crippen LogP contribution in [0.1, 0.15) is 24.8 Å². The summed E-state index contributed by atoms with van der Waals surface area (Å²) in [6.45, 7) is 0. The number of pyridine rings is 1. The number of carbonyl (C=O) groups excluding carboxylic acids is 1. The minimum atomic E-state index is -0.788. The Morgan fingerprint density at radius 3 is 2.86 bits per heavy atom. The van der Waals surface area contributed by atoms with Crippen molar-refractivity contribution in [2.45, 2.75) is 25.3 Å². The standard InChI is InChI=1S/C16H18N2O3/c19-13(6-3-10-2-1-7-17-9-10)18-15-12-5-4-11(8-12)14(15)16(20)21/h1-3,6-7,9,11-12,14-15H,4-5,8H2,(H,18,19)(H,20,21). The van der Waals surface area contributed by atoms with Gasteiger partial charge in [0, 0.05) is 24.5 Å². The number of carboxylic acids is 1. The average Bonchev–Trinajstić information content (AvgIpc) is 3.07. The number of aromatic nitrogens is 1. The number of nitrogens with one attached hydrogen (secondary N) is 1. The van der Waals surface area contributed by atoms with Gasteiger partial charge in [-0.25, -0.2) is 0 Å². The van der Waals surface area contributed by atoms with Crippen LogP contribution in [0.25, 0.3) is 6.08 Å². The van der Waals surface area contributed by atoms with Crippen molar-refractivity contribution >= 4 is 18.0 Å². The lowest BCUT2D eigenvalue weighted by molar-refractivity contribution is -0.144. The maximum atomic E-state index is 12.0. The van der Waals surface area contributed by atoms with Crippen LogP contribution in [0.2, 0.25) is 0 Å². The second kappa shape index (κ2) is 5.68. The zero-order valence-electron chi connectivity index (χ0n) is 11.6. The van der Waals surface area contributed by atoms with Crippen LogP contribution in [0, 0.1) is 17.8 Å². The van der Waals surface area contributed by atoms with E-state index in [0.717, 1.165) is 24.8 Å². The van der Waals surface area contributed by atoms with Gasteiger partial charge in [-0.3, -0.25) is 14.6 Å². The molecule has 1 heterocycles. The molecule has 0 spiro atoms. The van der Waals surface area contributed by atoms with E-state index >= 15 is 0 Å². The molecule has 0 radical (unpaired) electrons. The van der Waals surface area contributed by atoms with Crippen molar-refractivity contribution in [2.24, 2.45) is 17.8 Å². The number of aliphatic carboxylic acids is 1. The molecule has 110 valence electrons. The molecule has 2 aliphatic rings. The monoisotopic (exact) mass is 286 g/mol. The molecule has 2 fully saturated rings. The molecule has 0 aromatic carbocycles. The van der Waals surface area contributed by atoms with Crippen molar-refractivity contribution in [1.82, 2.24) is 10.3 Å². The molecule has 4 atom stereocenters. The van der Waals surface area contributed by atoms with Crippen LogP contribution < -0.4 is 5.32 Å². The van der Waals surface area contributed by atoms with Gasteiger partial charge in [0.2, 0.25) is 5.91 Å². The Morgan fingerprint density at radius 1 is 1.33 bits per heavy atom. The van der Waals surface area contributed by atoms with Crippen LogP contribution in [-0.4, -0.2) is 28.0 Å². The Labute approximate surface area is 123 Å². The maximum Gasteiger partial charge on any atom is 0.308 e. The first-order chi connectivity index (χ1) is 10.1. The third-order valence-corrected chi connectivity index (χ3v) is 4.62. The summed E-state index contributed by atoms with van der Waals surface area (Å²) in [7, 11) is 0. The van der Waals surface area contributed by atoms with Crippen LogP contribution in [0.3, 0.4) is 0 Å². The lowest BCUT2D eigenvalue weighted by atomic mass is 9.84. The van der Waals surface area contributed by atoms with Gasteiger partial charge in [0.25, 0.3) is 0 Å². The van der Waals surface area contributed by atoms with Gasteiger partial charge in [-0.1, -0.05) is 6.07 Å². The number of nitrogens with zero attached hydrogens (tertiary/aromatic N) is 1. The van der Waals surface area contributed by atoms with Crippen molar-refractivity contribution in [2.75, 3.05) is 0 Å². The Kier molecular flexibility index (Phi) is 3.73. The van der Waals surface area contributed by atoms with E-state index in [1.54, 1.807) is 24.5 Å². The van der Waals surface area contributed by atoms with Crippen molar-refractivity contribution in [3.05, 3.63) is 36.2 Å². The molecule has 21 heavy (non-hydrogen) atoms. The zero-order valence-corrected chi connectivity index (χ0v) is 11.6. The third kappa shape index (κ3) is 2.82. The van der Waals surface area contributed by atoms with Gasteiger partial charge < -0.3 is 10.4 Å². The van der Waals surface area contributed by atoms with E-state index in [1.807, 2.05) is 6.07 Å². The number of fused-ring (bicyclic) bond motifs is 2. The number of carbonyl (C=O) groups is 2. The van der Waals surface area contributed by atoms with E-state index in [4.69, 9.17) is 0 Å². The highest BCUT2D eigenvalue weighted by Gasteiger charge is 2.51. The fraction of sp³-hybridized carbons (Fsp3) is 0.438. The van der Waals surface area contributed by atoms with Gasteiger partial charge in [0.05, 0.1) is 5.92 Å². The first-order valence-corrected chi connectivity index (χ1v) is 7.26. The molecule has 5 heteroatoms. The molecule has 0 saturated heterocycles. The third-order valence-electron chi connectivity index (χ3n) is 4.62. The minimum Gasteiger partial charge on any atom is -0.481 e. The van der Waals surface area contributed by atoms with Crippen LogP contribution in [0.5, 0.6) is 0 Å². The van der Waals surface area contributed by atoms with Crippen molar-refractivity contribution in [1.29, 1.82) is 0 Å². The van der Waals surface area contributed by atoms with Crippen molar-refractivity contribution in [3.8, 4) is 0 Å². The molecule has 2 saturated carbocycles. The van der Waals surface area contributed by atoms with E-state index in [0.29, 0.717) is 5.92 Å². The Balaban J connectivity index is 1.64. The van der Waals surface area contributed by atoms with Gasteiger partial charge in [-0.2, -0.15) is 0 Å². The summed E-state index contributed by atoms with van der Waals surface area (Å²) < 4.78 is 0. The van der Waals surface area contributed by atoms with E-state index < -0.39 is 11.9 Å². The maximum absolute atomic E-state index is 12.0. The van der Waals surface area contributed by atoms with Gasteiger partial charge in [0.15, 0.2) is 0 Å². The van der Waals surface area contributed by atoms with E-state index in [1.165, 1.54) is 6.08 Å². The van der Waals surface area contributed by atoms with E-state index in [9.17, 15) is 14.7 Å². The molecular weight excluding hydrogens is 268 g/mol. The molecule has 4 unspecified atom stereocenters. The topological polar surface area (TPSA) is 79.3 Å². The van der Waals surface area contributed by atoms with Crippen LogP contribution in [0.4, 0.5) is 0 Å². The van der Waals surface area contributed by atoms with Crippen molar-refractivity contribution < 1.29 is 14.7 Å². The summed E-state index contributed by atoms with van der Waals surface area (Å²) in [5.74, 6) is -0.919. The second-order valence-electron chi connectivity index (χ2n) is 5.85. The van der Waals surface area contributed by atoms with Gasteiger partial charge in [-0.05, 0) is 48.8 Å². The minimum absolute atomic E-state index is 0.222. The summed E-state index contributed by atoms with van der Waals surface area (Å²) >= 11 is 0. The zero-order chi connectivity index (χ0) is 14.8. The molecule has 1 aromatic heterocycles. The largest absolute Gasteiger partial charge is 0.481 e. The summed E-state index contributed by atoms with van der Waals surface area (Å²) in [5.41, 5.74) is 0.843. The van der Waals surface area contributed by atoms with Gasteiger partial charge in [-0.15, -0.1) is 0 Å². The Bertz CT molecular complexity index is 570. The fourth-order valence-corrected chi connectivity index (χ4v) is 3.71. The highest BCUT2D eigenvalue weighted by molar-refractivity contribution is 5.92. The molecule has 2 N–H and O–H groups in total. The Hall–Kier alpha value is -2.17. The lowest BCUT2D eigenvalue weighted by Crippen LogP contribution is -2.46.